The predicted octanol–water partition coefficient (Wildman–Crippen LogP) is 4.31. The molecule has 0 amide bonds. The fourth-order valence-corrected chi connectivity index (χ4v) is 3.36. The average molecular weight is 337 g/mol. The third-order valence-electron chi connectivity index (χ3n) is 4.45. The van der Waals surface area contributed by atoms with E-state index in [4.69, 9.17) is 16.0 Å². The summed E-state index contributed by atoms with van der Waals surface area (Å²) in [5.74, 6) is 1.17. The molecular weight excluding hydrogens is 315 g/mol. The molecule has 0 bridgehead atoms. The second-order valence-electron chi connectivity index (χ2n) is 5.95. The summed E-state index contributed by atoms with van der Waals surface area (Å²) in [6.07, 6.45) is 2.55. The van der Waals surface area contributed by atoms with Crippen LogP contribution in [0.5, 0.6) is 0 Å². The number of halogens is 2. The Kier molecular flexibility index (Phi) is 5.36. The molecule has 1 aliphatic rings. The summed E-state index contributed by atoms with van der Waals surface area (Å²) in [6.45, 7) is 6.21. The molecule has 1 aromatic carbocycles. The number of likely N-dealkylation sites (tertiary alicyclic amines) is 1. The zero-order chi connectivity index (χ0) is 16.2. The van der Waals surface area contributed by atoms with Gasteiger partial charge in [-0.15, -0.1) is 0 Å². The average Bonchev–Trinajstić information content (AvgIpc) is 3.19. The quantitative estimate of drug-likeness (QED) is 0.852. The fourth-order valence-electron chi connectivity index (χ4n) is 3.18. The van der Waals surface area contributed by atoms with E-state index in [1.807, 2.05) is 12.1 Å². The van der Waals surface area contributed by atoms with Crippen LogP contribution in [-0.2, 0) is 6.54 Å². The first kappa shape index (κ1) is 16.5. The molecule has 0 saturated carbocycles. The molecule has 1 atom stereocenters. The predicted molar refractivity (Wildman–Crippen MR) is 91.1 cm³/mol. The van der Waals surface area contributed by atoms with Gasteiger partial charge in [-0.25, -0.2) is 4.39 Å². The minimum atomic E-state index is -0.416. The Hall–Kier alpha value is -1.36. The minimum Gasteiger partial charge on any atom is -0.460 e. The molecule has 1 N–H and O–H groups in total. The third kappa shape index (κ3) is 3.94. The molecule has 5 heteroatoms. The van der Waals surface area contributed by atoms with E-state index in [0.717, 1.165) is 24.4 Å². The highest BCUT2D eigenvalue weighted by molar-refractivity contribution is 6.31. The van der Waals surface area contributed by atoms with Gasteiger partial charge in [-0.2, -0.15) is 0 Å². The van der Waals surface area contributed by atoms with Gasteiger partial charge in [0.25, 0.3) is 0 Å². The van der Waals surface area contributed by atoms with Crippen molar-refractivity contribution in [2.45, 2.75) is 32.4 Å². The number of likely N-dealkylation sites (N-methyl/N-ethyl adjacent to an activating group) is 1. The number of hydrogen-bond acceptors (Lipinski definition) is 3. The highest BCUT2D eigenvalue weighted by atomic mass is 35.5. The molecule has 3 nitrogen and oxygen atoms in total. The van der Waals surface area contributed by atoms with Crippen molar-refractivity contribution in [3.8, 4) is 11.3 Å². The molecule has 0 aliphatic carbocycles. The van der Waals surface area contributed by atoms with E-state index in [9.17, 15) is 4.39 Å². The summed E-state index contributed by atoms with van der Waals surface area (Å²) in [5, 5.41) is 3.58. The molecule has 1 aromatic heterocycles. The first-order valence-corrected chi connectivity index (χ1v) is 8.54. The number of benzene rings is 1. The van der Waals surface area contributed by atoms with Gasteiger partial charge < -0.3 is 9.73 Å². The zero-order valence-electron chi connectivity index (χ0n) is 13.3. The van der Waals surface area contributed by atoms with Gasteiger partial charge in [-0.3, -0.25) is 4.90 Å². The van der Waals surface area contributed by atoms with Crippen LogP contribution in [0.2, 0.25) is 5.02 Å². The second kappa shape index (κ2) is 7.47. The van der Waals surface area contributed by atoms with Crippen molar-refractivity contribution in [1.29, 1.82) is 0 Å². The number of nitrogens with one attached hydrogen (secondary N) is 1. The van der Waals surface area contributed by atoms with E-state index in [2.05, 4.69) is 17.1 Å². The Bertz CT molecular complexity index is 658. The number of rotatable bonds is 6. The van der Waals surface area contributed by atoms with Crippen molar-refractivity contribution in [2.75, 3.05) is 19.6 Å². The van der Waals surface area contributed by atoms with Gasteiger partial charge in [0.2, 0.25) is 0 Å². The molecule has 124 valence electrons. The first-order valence-electron chi connectivity index (χ1n) is 8.16. The normalized spacial score (nSPS) is 18.7. The van der Waals surface area contributed by atoms with Crippen LogP contribution < -0.4 is 5.32 Å². The van der Waals surface area contributed by atoms with Crippen molar-refractivity contribution < 1.29 is 8.81 Å². The van der Waals surface area contributed by atoms with Gasteiger partial charge in [0.05, 0.1) is 11.6 Å². The Morgan fingerprint density at radius 2 is 2.22 bits per heavy atom. The molecule has 23 heavy (non-hydrogen) atoms. The van der Waals surface area contributed by atoms with Crippen molar-refractivity contribution >= 4 is 11.6 Å². The molecule has 1 fully saturated rings. The maximum absolute atomic E-state index is 13.2. The van der Waals surface area contributed by atoms with Crippen LogP contribution in [0, 0.1) is 5.82 Å². The second-order valence-corrected chi connectivity index (χ2v) is 6.36. The molecule has 0 radical (unpaired) electrons. The highest BCUT2D eigenvalue weighted by Crippen LogP contribution is 2.26. The maximum Gasteiger partial charge on any atom is 0.141 e. The standard InChI is InChI=1S/C18H22ClFN2O/c1-2-22-9-3-4-14(22)11-21-12-15-6-8-18(23-15)13-5-7-17(20)16(19)10-13/h5-8,10,14,21H,2-4,9,11-12H2,1H3/t14-/m1/s1. The smallest absolute Gasteiger partial charge is 0.141 e. The van der Waals surface area contributed by atoms with Crippen LogP contribution in [0.4, 0.5) is 4.39 Å². The minimum absolute atomic E-state index is 0.111. The topological polar surface area (TPSA) is 28.4 Å². The van der Waals surface area contributed by atoms with Crippen molar-refractivity contribution in [3.05, 3.63) is 46.9 Å². The van der Waals surface area contributed by atoms with Crippen molar-refractivity contribution in [1.82, 2.24) is 10.2 Å². The highest BCUT2D eigenvalue weighted by Gasteiger charge is 2.22. The summed E-state index contributed by atoms with van der Waals surface area (Å²) in [7, 11) is 0. The van der Waals surface area contributed by atoms with Crippen molar-refractivity contribution in [2.24, 2.45) is 0 Å². The van der Waals surface area contributed by atoms with E-state index in [1.165, 1.54) is 25.5 Å². The van der Waals surface area contributed by atoms with Crippen molar-refractivity contribution in [3.63, 3.8) is 0 Å². The lowest BCUT2D eigenvalue weighted by Crippen LogP contribution is -2.37. The zero-order valence-corrected chi connectivity index (χ0v) is 14.1. The van der Waals surface area contributed by atoms with E-state index < -0.39 is 5.82 Å². The van der Waals surface area contributed by atoms with E-state index in [-0.39, 0.29) is 5.02 Å². The summed E-state index contributed by atoms with van der Waals surface area (Å²) in [5.41, 5.74) is 0.788. The molecule has 2 heterocycles. The first-order chi connectivity index (χ1) is 11.2. The van der Waals surface area contributed by atoms with Gasteiger partial charge in [-0.1, -0.05) is 18.5 Å². The Morgan fingerprint density at radius 1 is 1.35 bits per heavy atom. The fraction of sp³-hybridized carbons (Fsp3) is 0.444. The lowest BCUT2D eigenvalue weighted by molar-refractivity contribution is 0.258. The van der Waals surface area contributed by atoms with Crippen LogP contribution >= 0.6 is 11.6 Å². The number of furan rings is 1. The summed E-state index contributed by atoms with van der Waals surface area (Å²) in [4.78, 5) is 2.51. The molecule has 0 unspecified atom stereocenters. The molecule has 1 aliphatic heterocycles. The summed E-state index contributed by atoms with van der Waals surface area (Å²) >= 11 is 5.82. The van der Waals surface area contributed by atoms with Gasteiger partial charge in [0.15, 0.2) is 0 Å². The molecule has 1 saturated heterocycles. The van der Waals surface area contributed by atoms with Gasteiger partial charge >= 0.3 is 0 Å². The third-order valence-corrected chi connectivity index (χ3v) is 4.74. The molecular formula is C18H22ClFN2O. The number of hydrogen-bond donors (Lipinski definition) is 1. The van der Waals surface area contributed by atoms with E-state index >= 15 is 0 Å². The Labute approximate surface area is 141 Å². The Morgan fingerprint density at radius 3 is 3.00 bits per heavy atom. The van der Waals surface area contributed by atoms with Gasteiger partial charge in [-0.05, 0) is 56.3 Å². The lowest BCUT2D eigenvalue weighted by atomic mass is 10.2. The van der Waals surface area contributed by atoms with Crippen LogP contribution in [0.3, 0.4) is 0 Å². The van der Waals surface area contributed by atoms with Gasteiger partial charge in [0.1, 0.15) is 17.3 Å². The lowest BCUT2D eigenvalue weighted by Gasteiger charge is -2.22. The van der Waals surface area contributed by atoms with E-state index in [1.54, 1.807) is 12.1 Å². The molecule has 2 aromatic rings. The molecule has 0 spiro atoms. The SMILES string of the molecule is CCN1CCC[C@@H]1CNCc1ccc(-c2ccc(F)c(Cl)c2)o1. The number of nitrogens with zero attached hydrogens (tertiary/aromatic N) is 1. The largest absolute Gasteiger partial charge is 0.460 e. The maximum atomic E-state index is 13.2. The van der Waals surface area contributed by atoms with Crippen LogP contribution in [0.25, 0.3) is 11.3 Å². The summed E-state index contributed by atoms with van der Waals surface area (Å²) in [6, 6.07) is 9.10. The van der Waals surface area contributed by atoms with E-state index in [0.29, 0.717) is 18.3 Å². The van der Waals surface area contributed by atoms with Crippen LogP contribution in [0.15, 0.2) is 34.7 Å². The summed E-state index contributed by atoms with van der Waals surface area (Å²) < 4.78 is 19.0. The molecule has 3 rings (SSSR count). The van der Waals surface area contributed by atoms with Gasteiger partial charge in [0, 0.05) is 18.2 Å². The van der Waals surface area contributed by atoms with Crippen LogP contribution in [0.1, 0.15) is 25.5 Å². The van der Waals surface area contributed by atoms with Crippen LogP contribution in [-0.4, -0.2) is 30.6 Å². The Balaban J connectivity index is 1.56. The monoisotopic (exact) mass is 336 g/mol.